The molecule has 0 fully saturated rings. The van der Waals surface area contributed by atoms with Crippen LogP contribution in [0.3, 0.4) is 0 Å². The number of rotatable bonds is 6. The van der Waals surface area contributed by atoms with Crippen molar-refractivity contribution in [3.8, 4) is 5.75 Å². The smallest absolute Gasteiger partial charge is 0.251 e. The van der Waals surface area contributed by atoms with Crippen LogP contribution in [-0.4, -0.2) is 17.7 Å². The Morgan fingerprint density at radius 1 is 1.18 bits per heavy atom. The Balaban J connectivity index is 2.11. The number of hydrogen-bond donors (Lipinski definition) is 1. The third-order valence-electron chi connectivity index (χ3n) is 3.56. The highest BCUT2D eigenvalue weighted by Crippen LogP contribution is 2.13. The Kier molecular flexibility index (Phi) is 5.55. The van der Waals surface area contributed by atoms with Gasteiger partial charge in [0.2, 0.25) is 0 Å². The predicted octanol–water partition coefficient (Wildman–Crippen LogP) is 2.76. The second-order valence-electron chi connectivity index (χ2n) is 5.23. The summed E-state index contributed by atoms with van der Waals surface area (Å²) >= 11 is 0. The maximum atomic E-state index is 12.0. The van der Waals surface area contributed by atoms with E-state index in [1.54, 1.807) is 23.9 Å². The van der Waals surface area contributed by atoms with Crippen molar-refractivity contribution in [2.75, 3.05) is 7.11 Å². The molecule has 22 heavy (non-hydrogen) atoms. The maximum Gasteiger partial charge on any atom is 0.251 e. The predicted molar refractivity (Wildman–Crippen MR) is 90.9 cm³/mol. The molecule has 0 aliphatic heterocycles. The second-order valence-corrected chi connectivity index (χ2v) is 5.23. The van der Waals surface area contributed by atoms with Crippen LogP contribution in [0, 0.1) is 0 Å². The molecule has 4 nitrogen and oxygen atoms in total. The number of ether oxygens (including phenoxy) is 1. The molecule has 116 valence electrons. The minimum Gasteiger partial charge on any atom is -0.497 e. The van der Waals surface area contributed by atoms with Crippen molar-refractivity contribution in [2.45, 2.75) is 25.9 Å². The van der Waals surface area contributed by atoms with Crippen molar-refractivity contribution in [3.05, 3.63) is 64.1 Å². The first-order chi connectivity index (χ1) is 10.6. The lowest BCUT2D eigenvalue weighted by atomic mass is 10.1. The molecule has 0 radical (unpaired) electrons. The van der Waals surface area contributed by atoms with Gasteiger partial charge >= 0.3 is 0 Å². The third kappa shape index (κ3) is 4.33. The third-order valence-corrected chi connectivity index (χ3v) is 3.56. The molecule has 2 N–H and O–H groups in total. The van der Waals surface area contributed by atoms with Gasteiger partial charge < -0.3 is 15.0 Å². The SMILES string of the molecule is CCC(N)Cn1ccc(/C=C/c2ccc(OC)cc2)cc1=O. The van der Waals surface area contributed by atoms with Crippen molar-refractivity contribution >= 4 is 12.2 Å². The first-order valence-corrected chi connectivity index (χ1v) is 7.40. The average molecular weight is 298 g/mol. The first-order valence-electron chi connectivity index (χ1n) is 7.40. The minimum atomic E-state index is -0.0271. The van der Waals surface area contributed by atoms with Gasteiger partial charge in [-0.1, -0.05) is 31.2 Å². The van der Waals surface area contributed by atoms with Crippen molar-refractivity contribution in [2.24, 2.45) is 5.73 Å². The van der Waals surface area contributed by atoms with Gasteiger partial charge in [0.25, 0.3) is 5.56 Å². The van der Waals surface area contributed by atoms with E-state index in [1.165, 1.54) is 0 Å². The molecule has 1 atom stereocenters. The van der Waals surface area contributed by atoms with Crippen LogP contribution in [0.25, 0.3) is 12.2 Å². The van der Waals surface area contributed by atoms with Crippen molar-refractivity contribution in [1.82, 2.24) is 4.57 Å². The number of hydrogen-bond acceptors (Lipinski definition) is 3. The Hall–Kier alpha value is -2.33. The molecule has 0 amide bonds. The zero-order valence-corrected chi connectivity index (χ0v) is 13.0. The molecule has 0 saturated heterocycles. The van der Waals surface area contributed by atoms with Gasteiger partial charge in [-0.3, -0.25) is 4.79 Å². The van der Waals surface area contributed by atoms with Crippen LogP contribution < -0.4 is 16.0 Å². The summed E-state index contributed by atoms with van der Waals surface area (Å²) in [6.07, 6.45) is 6.54. The number of nitrogens with zero attached hydrogens (tertiary/aromatic N) is 1. The van der Waals surface area contributed by atoms with E-state index in [0.29, 0.717) is 6.54 Å². The summed E-state index contributed by atoms with van der Waals surface area (Å²) in [5.41, 5.74) is 7.79. The highest BCUT2D eigenvalue weighted by atomic mass is 16.5. The normalized spacial score (nSPS) is 12.5. The van der Waals surface area contributed by atoms with Gasteiger partial charge in [-0.05, 0) is 35.7 Å². The van der Waals surface area contributed by atoms with Gasteiger partial charge in [-0.15, -0.1) is 0 Å². The van der Waals surface area contributed by atoms with Crippen LogP contribution in [0.15, 0.2) is 47.4 Å². The van der Waals surface area contributed by atoms with Gasteiger partial charge in [0.1, 0.15) is 5.75 Å². The fourth-order valence-electron chi connectivity index (χ4n) is 2.07. The second kappa shape index (κ2) is 7.61. The van der Waals surface area contributed by atoms with Crippen LogP contribution in [0.2, 0.25) is 0 Å². The molecule has 2 rings (SSSR count). The molecule has 1 aromatic heterocycles. The summed E-state index contributed by atoms with van der Waals surface area (Å²) in [6.45, 7) is 2.57. The van der Waals surface area contributed by atoms with Gasteiger partial charge in [-0.25, -0.2) is 0 Å². The lowest BCUT2D eigenvalue weighted by Crippen LogP contribution is -2.30. The van der Waals surface area contributed by atoms with E-state index >= 15 is 0 Å². The molecule has 0 spiro atoms. The highest BCUT2D eigenvalue weighted by molar-refractivity contribution is 5.69. The molecular formula is C18H22N2O2. The lowest BCUT2D eigenvalue weighted by Gasteiger charge is -2.11. The minimum absolute atomic E-state index is 0.0124. The fourth-order valence-corrected chi connectivity index (χ4v) is 2.07. The molecule has 4 heteroatoms. The Morgan fingerprint density at radius 3 is 2.45 bits per heavy atom. The van der Waals surface area contributed by atoms with Crippen molar-refractivity contribution in [1.29, 1.82) is 0 Å². The highest BCUT2D eigenvalue weighted by Gasteiger charge is 2.02. The van der Waals surface area contributed by atoms with E-state index in [2.05, 4.69) is 0 Å². The number of benzene rings is 1. The lowest BCUT2D eigenvalue weighted by molar-refractivity contribution is 0.415. The molecule has 0 aliphatic rings. The van der Waals surface area contributed by atoms with Gasteiger partial charge in [0.15, 0.2) is 0 Å². The summed E-state index contributed by atoms with van der Waals surface area (Å²) in [5, 5.41) is 0. The van der Waals surface area contributed by atoms with E-state index in [1.807, 2.05) is 49.4 Å². The molecule has 1 unspecified atom stereocenters. The molecular weight excluding hydrogens is 276 g/mol. The molecule has 1 aromatic carbocycles. The van der Waals surface area contributed by atoms with Crippen LogP contribution >= 0.6 is 0 Å². The largest absolute Gasteiger partial charge is 0.497 e. The molecule has 2 aromatic rings. The topological polar surface area (TPSA) is 57.2 Å². The van der Waals surface area contributed by atoms with E-state index in [9.17, 15) is 4.79 Å². The van der Waals surface area contributed by atoms with E-state index in [0.717, 1.165) is 23.3 Å². The van der Waals surface area contributed by atoms with E-state index in [4.69, 9.17) is 10.5 Å². The fraction of sp³-hybridized carbons (Fsp3) is 0.278. The van der Waals surface area contributed by atoms with Gasteiger partial charge in [-0.2, -0.15) is 0 Å². The Morgan fingerprint density at radius 2 is 1.86 bits per heavy atom. The van der Waals surface area contributed by atoms with E-state index < -0.39 is 0 Å². The van der Waals surface area contributed by atoms with E-state index in [-0.39, 0.29) is 11.6 Å². The van der Waals surface area contributed by atoms with Crippen LogP contribution in [0.4, 0.5) is 0 Å². The summed E-state index contributed by atoms with van der Waals surface area (Å²) in [6, 6.07) is 11.3. The van der Waals surface area contributed by atoms with Gasteiger partial charge in [0.05, 0.1) is 7.11 Å². The van der Waals surface area contributed by atoms with Gasteiger partial charge in [0, 0.05) is 24.8 Å². The molecule has 0 aliphatic carbocycles. The Labute approximate surface area is 130 Å². The standard InChI is InChI=1S/C18H22N2O2/c1-3-16(19)13-20-11-10-15(12-18(20)21)5-4-14-6-8-17(22-2)9-7-14/h4-12,16H,3,13,19H2,1-2H3/b5-4+. The first kappa shape index (κ1) is 16.0. The summed E-state index contributed by atoms with van der Waals surface area (Å²) in [4.78, 5) is 12.0. The number of aromatic nitrogens is 1. The zero-order chi connectivity index (χ0) is 15.9. The van der Waals surface area contributed by atoms with Crippen LogP contribution in [0.1, 0.15) is 24.5 Å². The number of methoxy groups -OCH3 is 1. The number of nitrogens with two attached hydrogens (primary N) is 1. The zero-order valence-electron chi connectivity index (χ0n) is 13.0. The molecule has 0 bridgehead atoms. The average Bonchev–Trinajstić information content (AvgIpc) is 2.55. The Bertz CT molecular complexity index is 687. The monoisotopic (exact) mass is 298 g/mol. The molecule has 0 saturated carbocycles. The summed E-state index contributed by atoms with van der Waals surface area (Å²) < 4.78 is 6.77. The van der Waals surface area contributed by atoms with Crippen LogP contribution in [0.5, 0.6) is 5.75 Å². The molecule has 1 heterocycles. The number of pyridine rings is 1. The van der Waals surface area contributed by atoms with Crippen molar-refractivity contribution < 1.29 is 4.74 Å². The summed E-state index contributed by atoms with van der Waals surface area (Å²) in [7, 11) is 1.64. The maximum absolute atomic E-state index is 12.0. The van der Waals surface area contributed by atoms with Crippen molar-refractivity contribution in [3.63, 3.8) is 0 Å². The quantitative estimate of drug-likeness (QED) is 0.892. The summed E-state index contributed by atoms with van der Waals surface area (Å²) in [5.74, 6) is 0.826. The van der Waals surface area contributed by atoms with Crippen LogP contribution in [-0.2, 0) is 6.54 Å².